The predicted molar refractivity (Wildman–Crippen MR) is 97.5 cm³/mol. The van der Waals surface area contributed by atoms with E-state index < -0.39 is 18.2 Å². The summed E-state index contributed by atoms with van der Waals surface area (Å²) in [6.07, 6.45) is -1.09. The number of rotatable bonds is 4. The van der Waals surface area contributed by atoms with Crippen molar-refractivity contribution in [3.63, 3.8) is 0 Å². The van der Waals surface area contributed by atoms with Gasteiger partial charge in [0.2, 0.25) is 0 Å². The van der Waals surface area contributed by atoms with E-state index in [-0.39, 0.29) is 4.48 Å². The van der Waals surface area contributed by atoms with E-state index >= 15 is 0 Å². The molecule has 2 aromatic rings. The third-order valence-corrected chi connectivity index (χ3v) is 4.30. The lowest BCUT2D eigenvalue weighted by atomic mass is 10.1. The van der Waals surface area contributed by atoms with Crippen molar-refractivity contribution >= 4 is 39.2 Å². The van der Waals surface area contributed by atoms with E-state index in [4.69, 9.17) is 15.2 Å². The van der Waals surface area contributed by atoms with E-state index in [1.54, 1.807) is 0 Å². The van der Waals surface area contributed by atoms with Gasteiger partial charge in [-0.25, -0.2) is 4.79 Å². The molecule has 0 spiro atoms. The summed E-state index contributed by atoms with van der Waals surface area (Å²) in [6, 6.07) is 15.1. The number of halogens is 1. The highest BCUT2D eigenvalue weighted by Crippen LogP contribution is 2.30. The number of hydrogen-bond donors (Lipinski definition) is 2. The quantitative estimate of drug-likeness (QED) is 0.601. The number of nitrogens with two attached hydrogens (primary N) is 1. The number of nitrogens with one attached hydrogen (secondary N) is 1. The summed E-state index contributed by atoms with van der Waals surface area (Å²) in [7, 11) is 0. The zero-order chi connectivity index (χ0) is 18.0. The van der Waals surface area contributed by atoms with Gasteiger partial charge in [0.1, 0.15) is 10.2 Å². The molecule has 25 heavy (non-hydrogen) atoms. The Balaban J connectivity index is 1.79. The van der Waals surface area contributed by atoms with Crippen LogP contribution in [0.1, 0.15) is 6.92 Å². The molecular weight excluding hydrogens is 388 g/mol. The van der Waals surface area contributed by atoms with Crippen LogP contribution in [0, 0.1) is 0 Å². The Morgan fingerprint density at radius 1 is 1.12 bits per heavy atom. The number of ether oxygens (including phenoxy) is 2. The molecule has 3 N–H and O–H groups in total. The average molecular weight is 403 g/mol. The molecule has 6 nitrogen and oxygen atoms in total. The number of nitrogen functional groups attached to an aromatic ring is 1. The van der Waals surface area contributed by atoms with E-state index in [1.807, 2.05) is 48.5 Å². The summed E-state index contributed by atoms with van der Waals surface area (Å²) in [5.74, 6) is -1.13. The third kappa shape index (κ3) is 3.83. The van der Waals surface area contributed by atoms with Gasteiger partial charge in [0, 0.05) is 18.3 Å². The molecule has 1 aliphatic heterocycles. The van der Waals surface area contributed by atoms with Gasteiger partial charge in [-0.3, -0.25) is 4.79 Å². The molecule has 0 fully saturated rings. The predicted octanol–water partition coefficient (Wildman–Crippen LogP) is 3.40. The first-order valence-corrected chi connectivity index (χ1v) is 8.24. The minimum absolute atomic E-state index is 0.196. The van der Waals surface area contributed by atoms with Gasteiger partial charge in [0.15, 0.2) is 0 Å². The second kappa shape index (κ2) is 6.98. The molecule has 0 amide bonds. The lowest BCUT2D eigenvalue weighted by Gasteiger charge is -2.15. The molecule has 0 aliphatic carbocycles. The highest BCUT2D eigenvalue weighted by atomic mass is 79.9. The Bertz CT molecular complexity index is 844. The van der Waals surface area contributed by atoms with Gasteiger partial charge in [-0.05, 0) is 51.3 Å². The van der Waals surface area contributed by atoms with E-state index in [9.17, 15) is 9.59 Å². The van der Waals surface area contributed by atoms with Crippen LogP contribution in [0.15, 0.2) is 58.7 Å². The molecule has 128 valence electrons. The molecule has 0 saturated carbocycles. The Hall–Kier alpha value is -2.80. The van der Waals surface area contributed by atoms with Gasteiger partial charge in [-0.2, -0.15) is 0 Å². The molecule has 7 heteroatoms. The highest BCUT2D eigenvalue weighted by Gasteiger charge is 2.35. The maximum atomic E-state index is 11.7. The fourth-order valence-electron chi connectivity index (χ4n) is 2.35. The molecule has 3 rings (SSSR count). The molecule has 1 heterocycles. The first-order chi connectivity index (χ1) is 11.9. The van der Waals surface area contributed by atoms with Crippen LogP contribution in [0.3, 0.4) is 0 Å². The zero-order valence-electron chi connectivity index (χ0n) is 13.3. The fourth-order valence-corrected chi connectivity index (χ4v) is 2.73. The maximum absolute atomic E-state index is 11.7. The Labute approximate surface area is 152 Å². The van der Waals surface area contributed by atoms with E-state index in [2.05, 4.69) is 21.2 Å². The normalized spacial score (nSPS) is 16.6. The van der Waals surface area contributed by atoms with Crippen LogP contribution in [0.5, 0.6) is 0 Å². The SMILES string of the molecule is CC(=O)OC1OC(=O)C(Br)=C1Nc1ccc(-c2ccc(N)cc2)cc1. The molecule has 0 radical (unpaired) electrons. The summed E-state index contributed by atoms with van der Waals surface area (Å²) in [5, 5.41) is 3.05. The lowest BCUT2D eigenvalue weighted by molar-refractivity contribution is -0.172. The third-order valence-electron chi connectivity index (χ3n) is 3.55. The van der Waals surface area contributed by atoms with Crippen LogP contribution >= 0.6 is 15.9 Å². The number of carbonyl (C=O) groups is 2. The van der Waals surface area contributed by atoms with Crippen molar-refractivity contribution in [2.45, 2.75) is 13.2 Å². The average Bonchev–Trinajstić information content (AvgIpc) is 2.83. The Morgan fingerprint density at radius 2 is 1.68 bits per heavy atom. The number of benzene rings is 2. The Morgan fingerprint density at radius 3 is 2.24 bits per heavy atom. The second-order valence-corrected chi connectivity index (χ2v) is 6.19. The van der Waals surface area contributed by atoms with E-state index in [1.165, 1.54) is 6.92 Å². The van der Waals surface area contributed by atoms with E-state index in [0.717, 1.165) is 16.8 Å². The number of esters is 2. The van der Waals surface area contributed by atoms with Crippen molar-refractivity contribution < 1.29 is 19.1 Å². The molecule has 1 aliphatic rings. The molecule has 1 atom stereocenters. The largest absolute Gasteiger partial charge is 0.419 e. The summed E-state index contributed by atoms with van der Waals surface area (Å²) >= 11 is 3.16. The first-order valence-electron chi connectivity index (χ1n) is 7.45. The highest BCUT2D eigenvalue weighted by molar-refractivity contribution is 9.12. The second-order valence-electron chi connectivity index (χ2n) is 5.40. The van der Waals surface area contributed by atoms with E-state index in [0.29, 0.717) is 11.4 Å². The van der Waals surface area contributed by atoms with Crippen LogP contribution in [0.25, 0.3) is 11.1 Å². The van der Waals surface area contributed by atoms with Crippen molar-refractivity contribution in [2.75, 3.05) is 11.1 Å². The van der Waals surface area contributed by atoms with Crippen LogP contribution < -0.4 is 11.1 Å². The summed E-state index contributed by atoms with van der Waals surface area (Å²) < 4.78 is 10.2. The zero-order valence-corrected chi connectivity index (χ0v) is 14.9. The molecule has 0 saturated heterocycles. The molecule has 0 bridgehead atoms. The fraction of sp³-hybridized carbons (Fsp3) is 0.111. The first kappa shape index (κ1) is 17.0. The molecular formula is C18H15BrN2O4. The van der Waals surface area contributed by atoms with Gasteiger partial charge in [-0.15, -0.1) is 0 Å². The van der Waals surface area contributed by atoms with Gasteiger partial charge < -0.3 is 20.5 Å². The molecule has 2 aromatic carbocycles. The van der Waals surface area contributed by atoms with Crippen LogP contribution in [-0.4, -0.2) is 18.2 Å². The topological polar surface area (TPSA) is 90.6 Å². The monoisotopic (exact) mass is 402 g/mol. The van der Waals surface area contributed by atoms with Gasteiger partial charge in [0.05, 0.1) is 0 Å². The molecule has 1 unspecified atom stereocenters. The van der Waals surface area contributed by atoms with Gasteiger partial charge >= 0.3 is 11.9 Å². The minimum atomic E-state index is -1.09. The van der Waals surface area contributed by atoms with Crippen molar-refractivity contribution in [3.8, 4) is 11.1 Å². The van der Waals surface area contributed by atoms with Crippen molar-refractivity contribution in [1.82, 2.24) is 0 Å². The number of hydrogen-bond acceptors (Lipinski definition) is 6. The van der Waals surface area contributed by atoms with Crippen LogP contribution in [0.4, 0.5) is 11.4 Å². The smallest absolute Gasteiger partial charge is 0.350 e. The number of anilines is 2. The molecule has 0 aromatic heterocycles. The Kier molecular flexibility index (Phi) is 4.76. The standard InChI is InChI=1S/C18H15BrN2O4/c1-10(22)24-18-16(15(19)17(23)25-18)21-14-8-4-12(5-9-14)11-2-6-13(20)7-3-11/h2-9,18,21H,20H2,1H3. The number of carbonyl (C=O) groups excluding carboxylic acids is 2. The van der Waals surface area contributed by atoms with Gasteiger partial charge in [-0.1, -0.05) is 24.3 Å². The summed E-state index contributed by atoms with van der Waals surface area (Å²) in [6.45, 7) is 1.25. The van der Waals surface area contributed by atoms with Crippen molar-refractivity contribution in [2.24, 2.45) is 0 Å². The summed E-state index contributed by atoms with van der Waals surface area (Å²) in [5.41, 5.74) is 9.54. The maximum Gasteiger partial charge on any atom is 0.350 e. The minimum Gasteiger partial charge on any atom is -0.419 e. The number of cyclic esters (lactones) is 1. The van der Waals surface area contributed by atoms with Crippen molar-refractivity contribution in [3.05, 3.63) is 58.7 Å². The summed E-state index contributed by atoms with van der Waals surface area (Å²) in [4.78, 5) is 22.8. The van der Waals surface area contributed by atoms with Crippen LogP contribution in [0.2, 0.25) is 0 Å². The van der Waals surface area contributed by atoms with Gasteiger partial charge in [0.25, 0.3) is 6.29 Å². The van der Waals surface area contributed by atoms with Crippen LogP contribution in [-0.2, 0) is 19.1 Å². The van der Waals surface area contributed by atoms with Crippen molar-refractivity contribution in [1.29, 1.82) is 0 Å². The lowest BCUT2D eigenvalue weighted by Crippen LogP contribution is -2.22.